The number of anilines is 2. The monoisotopic (exact) mass is 324 g/mol. The Morgan fingerprint density at radius 2 is 1.92 bits per heavy atom. The van der Waals surface area contributed by atoms with Crippen LogP contribution in [0.5, 0.6) is 0 Å². The average molecular weight is 324 g/mol. The molecule has 0 radical (unpaired) electrons. The van der Waals surface area contributed by atoms with Crippen molar-refractivity contribution in [2.45, 2.75) is 19.9 Å². The number of esters is 1. The lowest BCUT2D eigenvalue weighted by Crippen LogP contribution is -2.19. The number of ether oxygens (including phenoxy) is 1. The van der Waals surface area contributed by atoms with Crippen LogP contribution >= 0.6 is 0 Å². The van der Waals surface area contributed by atoms with E-state index < -0.39 is 0 Å². The minimum absolute atomic E-state index is 0.0597. The van der Waals surface area contributed by atoms with Crippen LogP contribution in [-0.2, 0) is 22.5 Å². The molecule has 0 atom stereocenters. The van der Waals surface area contributed by atoms with Crippen LogP contribution in [0.25, 0.3) is 0 Å². The highest BCUT2D eigenvalue weighted by Crippen LogP contribution is 2.31. The Bertz CT molecular complexity index is 769. The molecule has 5 heteroatoms. The van der Waals surface area contributed by atoms with Crippen LogP contribution < -0.4 is 10.2 Å². The predicted octanol–water partition coefficient (Wildman–Crippen LogP) is 2.99. The number of carbonyl (C=O) groups excluding carboxylic acids is 2. The van der Waals surface area contributed by atoms with Gasteiger partial charge in [0.1, 0.15) is 0 Å². The fraction of sp³-hybridized carbons (Fsp3) is 0.263. The Labute approximate surface area is 141 Å². The molecule has 0 spiro atoms. The second-order valence-electron chi connectivity index (χ2n) is 5.88. The summed E-state index contributed by atoms with van der Waals surface area (Å²) in [7, 11) is 1.38. The summed E-state index contributed by atoms with van der Waals surface area (Å²) in [5, 5.41) is 2.82. The first-order valence-corrected chi connectivity index (χ1v) is 7.89. The highest BCUT2D eigenvalue weighted by Gasteiger charge is 2.19. The molecule has 3 rings (SSSR count). The number of nitrogens with one attached hydrogen (secondary N) is 1. The van der Waals surface area contributed by atoms with E-state index >= 15 is 0 Å². The summed E-state index contributed by atoms with van der Waals surface area (Å²) in [5.74, 6) is -0.380. The predicted molar refractivity (Wildman–Crippen MR) is 93.3 cm³/mol. The third kappa shape index (κ3) is 3.40. The van der Waals surface area contributed by atoms with Gasteiger partial charge in [0.25, 0.3) is 0 Å². The minimum Gasteiger partial charge on any atom is -0.465 e. The molecule has 2 aromatic carbocycles. The summed E-state index contributed by atoms with van der Waals surface area (Å²) in [5.41, 5.74) is 4.98. The first kappa shape index (κ1) is 16.1. The first-order valence-electron chi connectivity index (χ1n) is 7.89. The van der Waals surface area contributed by atoms with Gasteiger partial charge in [-0.05, 0) is 47.9 Å². The normalized spacial score (nSPS) is 12.7. The second kappa shape index (κ2) is 6.74. The van der Waals surface area contributed by atoms with Gasteiger partial charge in [-0.3, -0.25) is 4.79 Å². The van der Waals surface area contributed by atoms with E-state index in [2.05, 4.69) is 16.3 Å². The molecule has 5 nitrogen and oxygen atoms in total. The maximum absolute atomic E-state index is 11.5. The van der Waals surface area contributed by atoms with Crippen molar-refractivity contribution in [2.24, 2.45) is 0 Å². The summed E-state index contributed by atoms with van der Waals surface area (Å²) in [6.45, 7) is 3.24. The van der Waals surface area contributed by atoms with Gasteiger partial charge in [-0.2, -0.15) is 0 Å². The van der Waals surface area contributed by atoms with E-state index in [0.717, 1.165) is 30.8 Å². The van der Waals surface area contributed by atoms with Crippen molar-refractivity contribution < 1.29 is 14.3 Å². The molecule has 24 heavy (non-hydrogen) atoms. The second-order valence-corrected chi connectivity index (χ2v) is 5.88. The first-order chi connectivity index (χ1) is 11.6. The minimum atomic E-state index is -0.321. The van der Waals surface area contributed by atoms with E-state index in [9.17, 15) is 9.59 Å². The molecule has 0 bridgehead atoms. The topological polar surface area (TPSA) is 58.6 Å². The van der Waals surface area contributed by atoms with Gasteiger partial charge in [0, 0.05) is 31.4 Å². The van der Waals surface area contributed by atoms with Gasteiger partial charge in [0.05, 0.1) is 12.7 Å². The zero-order valence-corrected chi connectivity index (χ0v) is 13.8. The standard InChI is InChI=1S/C19H20N2O3/c1-13(22)20-17-7-8-18-16(11-17)9-10-21(18)12-14-3-5-15(6-4-14)19(23)24-2/h3-8,11H,9-10,12H2,1-2H3,(H,20,22). The van der Waals surface area contributed by atoms with Gasteiger partial charge >= 0.3 is 5.97 Å². The van der Waals surface area contributed by atoms with Crippen molar-refractivity contribution >= 4 is 23.3 Å². The smallest absolute Gasteiger partial charge is 0.337 e. The maximum atomic E-state index is 11.5. The molecule has 0 saturated heterocycles. The molecular formula is C19H20N2O3. The van der Waals surface area contributed by atoms with Crippen LogP contribution in [0.15, 0.2) is 42.5 Å². The summed E-state index contributed by atoms with van der Waals surface area (Å²) >= 11 is 0. The molecule has 124 valence electrons. The average Bonchev–Trinajstić information content (AvgIpc) is 2.96. The van der Waals surface area contributed by atoms with E-state index in [0.29, 0.717) is 5.56 Å². The molecule has 1 N–H and O–H groups in total. The Kier molecular flexibility index (Phi) is 4.51. The number of methoxy groups -OCH3 is 1. The highest BCUT2D eigenvalue weighted by atomic mass is 16.5. The van der Waals surface area contributed by atoms with E-state index in [4.69, 9.17) is 4.74 Å². The number of amides is 1. The molecule has 1 aliphatic heterocycles. The molecule has 0 aliphatic carbocycles. The van der Waals surface area contributed by atoms with Crippen LogP contribution in [0.4, 0.5) is 11.4 Å². The number of nitrogens with zero attached hydrogens (tertiary/aromatic N) is 1. The third-order valence-electron chi connectivity index (χ3n) is 4.14. The lowest BCUT2D eigenvalue weighted by Gasteiger charge is -2.20. The molecule has 1 aliphatic rings. The number of benzene rings is 2. The largest absolute Gasteiger partial charge is 0.465 e. The fourth-order valence-corrected chi connectivity index (χ4v) is 3.00. The molecule has 0 unspecified atom stereocenters. The summed E-state index contributed by atoms with van der Waals surface area (Å²) < 4.78 is 4.72. The van der Waals surface area contributed by atoms with Gasteiger partial charge in [0.2, 0.25) is 5.91 Å². The SMILES string of the molecule is COC(=O)c1ccc(CN2CCc3cc(NC(C)=O)ccc32)cc1. The summed E-state index contributed by atoms with van der Waals surface area (Å²) in [4.78, 5) is 24.9. The van der Waals surface area contributed by atoms with Crippen LogP contribution in [0.1, 0.15) is 28.4 Å². The number of hydrogen-bond acceptors (Lipinski definition) is 4. The zero-order chi connectivity index (χ0) is 17.1. The number of carbonyl (C=O) groups is 2. The lowest BCUT2D eigenvalue weighted by molar-refractivity contribution is -0.114. The Morgan fingerprint density at radius 1 is 1.17 bits per heavy atom. The number of hydrogen-bond donors (Lipinski definition) is 1. The van der Waals surface area contributed by atoms with Crippen molar-refractivity contribution in [3.63, 3.8) is 0 Å². The van der Waals surface area contributed by atoms with Crippen molar-refractivity contribution in [3.8, 4) is 0 Å². The van der Waals surface area contributed by atoms with Crippen LogP contribution in [-0.4, -0.2) is 25.5 Å². The van der Waals surface area contributed by atoms with E-state index in [1.165, 1.54) is 25.3 Å². The molecular weight excluding hydrogens is 304 g/mol. The Morgan fingerprint density at radius 3 is 2.58 bits per heavy atom. The molecule has 0 fully saturated rings. The maximum Gasteiger partial charge on any atom is 0.337 e. The molecule has 0 aromatic heterocycles. The van der Waals surface area contributed by atoms with E-state index in [1.807, 2.05) is 24.3 Å². The number of rotatable bonds is 4. The van der Waals surface area contributed by atoms with Gasteiger partial charge in [0.15, 0.2) is 0 Å². The van der Waals surface area contributed by atoms with Gasteiger partial charge in [-0.15, -0.1) is 0 Å². The zero-order valence-electron chi connectivity index (χ0n) is 13.8. The highest BCUT2D eigenvalue weighted by molar-refractivity contribution is 5.89. The lowest BCUT2D eigenvalue weighted by atomic mass is 10.1. The third-order valence-corrected chi connectivity index (χ3v) is 4.14. The van der Waals surface area contributed by atoms with Crippen LogP contribution in [0, 0.1) is 0 Å². The van der Waals surface area contributed by atoms with E-state index in [-0.39, 0.29) is 11.9 Å². The van der Waals surface area contributed by atoms with Crippen LogP contribution in [0.3, 0.4) is 0 Å². The molecule has 1 heterocycles. The number of fused-ring (bicyclic) bond motifs is 1. The Hall–Kier alpha value is -2.82. The van der Waals surface area contributed by atoms with Crippen molar-refractivity contribution in [2.75, 3.05) is 23.9 Å². The molecule has 0 saturated carbocycles. The van der Waals surface area contributed by atoms with Crippen molar-refractivity contribution in [1.82, 2.24) is 0 Å². The Balaban J connectivity index is 1.72. The fourth-order valence-electron chi connectivity index (χ4n) is 3.00. The summed E-state index contributed by atoms with van der Waals surface area (Å²) in [6.07, 6.45) is 0.961. The van der Waals surface area contributed by atoms with E-state index in [1.54, 1.807) is 12.1 Å². The quantitative estimate of drug-likeness (QED) is 0.879. The van der Waals surface area contributed by atoms with Gasteiger partial charge in [-0.1, -0.05) is 12.1 Å². The molecule has 1 amide bonds. The van der Waals surface area contributed by atoms with Crippen molar-refractivity contribution in [1.29, 1.82) is 0 Å². The van der Waals surface area contributed by atoms with Crippen LogP contribution in [0.2, 0.25) is 0 Å². The summed E-state index contributed by atoms with van der Waals surface area (Å²) in [6, 6.07) is 13.5. The molecule has 2 aromatic rings. The van der Waals surface area contributed by atoms with Gasteiger partial charge in [-0.25, -0.2) is 4.79 Å². The van der Waals surface area contributed by atoms with Gasteiger partial charge < -0.3 is 15.0 Å². The van der Waals surface area contributed by atoms with Crippen molar-refractivity contribution in [3.05, 3.63) is 59.2 Å².